The smallest absolute Gasteiger partial charge is 0.255 e. The predicted octanol–water partition coefficient (Wildman–Crippen LogP) is 4.71. The molecule has 3 aromatic carbocycles. The van der Waals surface area contributed by atoms with Gasteiger partial charge in [0.15, 0.2) is 11.6 Å². The Kier molecular flexibility index (Phi) is 6.02. The molecule has 0 saturated carbocycles. The van der Waals surface area contributed by atoms with E-state index in [0.717, 1.165) is 25.0 Å². The summed E-state index contributed by atoms with van der Waals surface area (Å²) in [6, 6.07) is 14.8. The molecule has 4 rings (SSSR count). The topological polar surface area (TPSA) is 84.7 Å². The highest BCUT2D eigenvalue weighted by molar-refractivity contribution is 6.04. The van der Waals surface area contributed by atoms with E-state index in [2.05, 4.69) is 5.32 Å². The van der Waals surface area contributed by atoms with E-state index in [4.69, 9.17) is 10.5 Å². The minimum Gasteiger partial charge on any atom is -0.457 e. The van der Waals surface area contributed by atoms with Crippen molar-refractivity contribution in [1.82, 2.24) is 0 Å². The van der Waals surface area contributed by atoms with Gasteiger partial charge in [-0.15, -0.1) is 0 Å². The van der Waals surface area contributed by atoms with Crippen LogP contribution in [0.15, 0.2) is 60.7 Å². The Balaban J connectivity index is 1.42. The van der Waals surface area contributed by atoms with Gasteiger partial charge in [-0.25, -0.2) is 8.78 Å². The second kappa shape index (κ2) is 9.05. The summed E-state index contributed by atoms with van der Waals surface area (Å²) in [6.45, 7) is 1.23. The minimum absolute atomic E-state index is 0.0443. The zero-order valence-electron chi connectivity index (χ0n) is 17.1. The third-order valence-corrected chi connectivity index (χ3v) is 5.19. The Hall–Kier alpha value is -3.94. The van der Waals surface area contributed by atoms with Gasteiger partial charge < -0.3 is 20.7 Å². The standard InChI is InChI=1S/C24H21F2N3O3/c25-20-13-17(14-21(26)22(20)29-11-1-2-12-29)28-24(31)16-5-9-19(10-6-16)32-18-7-3-15(4-8-18)23(27)30/h3-10,13-14H,1-2,11-12H2,(H2,27,30)(H,28,31). The first-order chi connectivity index (χ1) is 15.4. The summed E-state index contributed by atoms with van der Waals surface area (Å²) in [5.74, 6) is -1.47. The molecule has 0 aliphatic carbocycles. The number of nitrogens with one attached hydrogen (secondary N) is 1. The largest absolute Gasteiger partial charge is 0.457 e. The third kappa shape index (κ3) is 4.69. The number of amides is 2. The first-order valence-electron chi connectivity index (χ1n) is 10.1. The average molecular weight is 437 g/mol. The lowest BCUT2D eigenvalue weighted by Gasteiger charge is -2.19. The maximum atomic E-state index is 14.5. The fraction of sp³-hybridized carbons (Fsp3) is 0.167. The Labute approximate surface area is 183 Å². The number of carbonyl (C=O) groups excluding carboxylic acids is 2. The Morgan fingerprint density at radius 2 is 1.34 bits per heavy atom. The van der Waals surface area contributed by atoms with E-state index in [1.165, 1.54) is 12.1 Å². The molecule has 1 saturated heterocycles. The molecule has 0 aromatic heterocycles. The van der Waals surface area contributed by atoms with Crippen LogP contribution in [0.25, 0.3) is 0 Å². The second-order valence-electron chi connectivity index (χ2n) is 7.45. The van der Waals surface area contributed by atoms with Crippen molar-refractivity contribution < 1.29 is 23.1 Å². The van der Waals surface area contributed by atoms with Crippen LogP contribution in [0, 0.1) is 11.6 Å². The normalized spacial score (nSPS) is 13.1. The molecule has 0 unspecified atom stereocenters. The number of hydrogen-bond acceptors (Lipinski definition) is 4. The molecule has 1 fully saturated rings. The van der Waals surface area contributed by atoms with Gasteiger partial charge >= 0.3 is 0 Å². The summed E-state index contributed by atoms with van der Waals surface area (Å²) in [4.78, 5) is 25.3. The molecule has 0 atom stereocenters. The number of primary amides is 1. The maximum absolute atomic E-state index is 14.5. The molecular formula is C24H21F2N3O3. The molecule has 1 heterocycles. The fourth-order valence-electron chi connectivity index (χ4n) is 3.58. The summed E-state index contributed by atoms with van der Waals surface area (Å²) >= 11 is 0. The number of halogens is 2. The van der Waals surface area contributed by atoms with Gasteiger partial charge in [0, 0.05) is 29.9 Å². The lowest BCUT2D eigenvalue weighted by Crippen LogP contribution is -2.21. The summed E-state index contributed by atoms with van der Waals surface area (Å²) in [5, 5.41) is 2.52. The SMILES string of the molecule is NC(=O)c1ccc(Oc2ccc(C(=O)Nc3cc(F)c(N4CCCC4)c(F)c3)cc2)cc1. The highest BCUT2D eigenvalue weighted by Gasteiger charge is 2.21. The number of rotatable bonds is 6. The number of carbonyl (C=O) groups is 2. The Morgan fingerprint density at radius 1 is 0.844 bits per heavy atom. The second-order valence-corrected chi connectivity index (χ2v) is 7.45. The van der Waals surface area contributed by atoms with Gasteiger partial charge in [-0.05, 0) is 73.5 Å². The van der Waals surface area contributed by atoms with Gasteiger partial charge in [0.25, 0.3) is 5.91 Å². The molecule has 1 aliphatic heterocycles. The number of nitrogens with zero attached hydrogens (tertiary/aromatic N) is 1. The first-order valence-corrected chi connectivity index (χ1v) is 10.1. The fourth-order valence-corrected chi connectivity index (χ4v) is 3.58. The van der Waals surface area contributed by atoms with Crippen molar-refractivity contribution >= 4 is 23.2 Å². The van der Waals surface area contributed by atoms with Crippen molar-refractivity contribution in [2.75, 3.05) is 23.3 Å². The number of hydrogen-bond donors (Lipinski definition) is 2. The van der Waals surface area contributed by atoms with Crippen molar-refractivity contribution in [1.29, 1.82) is 0 Å². The molecule has 0 spiro atoms. The van der Waals surface area contributed by atoms with Gasteiger partial charge in [0.05, 0.1) is 0 Å². The van der Waals surface area contributed by atoms with E-state index in [9.17, 15) is 18.4 Å². The van der Waals surface area contributed by atoms with Crippen LogP contribution < -0.4 is 20.7 Å². The van der Waals surface area contributed by atoms with E-state index in [0.29, 0.717) is 35.7 Å². The molecule has 8 heteroatoms. The molecule has 2 amide bonds. The average Bonchev–Trinajstić information content (AvgIpc) is 3.28. The molecular weight excluding hydrogens is 416 g/mol. The van der Waals surface area contributed by atoms with Crippen LogP contribution in [0.4, 0.5) is 20.2 Å². The van der Waals surface area contributed by atoms with E-state index >= 15 is 0 Å². The number of benzene rings is 3. The Morgan fingerprint density at radius 3 is 1.84 bits per heavy atom. The molecule has 0 bridgehead atoms. The maximum Gasteiger partial charge on any atom is 0.255 e. The first kappa shape index (κ1) is 21.3. The lowest BCUT2D eigenvalue weighted by molar-refractivity contribution is 0.0997. The summed E-state index contributed by atoms with van der Waals surface area (Å²) in [6.07, 6.45) is 1.80. The van der Waals surface area contributed by atoms with Gasteiger partial charge in [0.1, 0.15) is 17.2 Å². The van der Waals surface area contributed by atoms with Crippen LogP contribution in [0.2, 0.25) is 0 Å². The van der Waals surface area contributed by atoms with Gasteiger partial charge in [-0.3, -0.25) is 9.59 Å². The minimum atomic E-state index is -0.701. The molecule has 3 aromatic rings. The zero-order chi connectivity index (χ0) is 22.7. The highest BCUT2D eigenvalue weighted by atomic mass is 19.1. The van der Waals surface area contributed by atoms with Gasteiger partial charge in [-0.1, -0.05) is 0 Å². The van der Waals surface area contributed by atoms with Gasteiger partial charge in [-0.2, -0.15) is 0 Å². The molecule has 32 heavy (non-hydrogen) atoms. The van der Waals surface area contributed by atoms with Crippen LogP contribution in [0.1, 0.15) is 33.6 Å². The van der Waals surface area contributed by atoms with Crippen molar-refractivity contribution in [2.45, 2.75) is 12.8 Å². The number of anilines is 2. The third-order valence-electron chi connectivity index (χ3n) is 5.19. The molecule has 164 valence electrons. The lowest BCUT2D eigenvalue weighted by atomic mass is 10.2. The van der Waals surface area contributed by atoms with Crippen LogP contribution in [-0.2, 0) is 0 Å². The summed E-state index contributed by atoms with van der Waals surface area (Å²) in [7, 11) is 0. The van der Waals surface area contributed by atoms with E-state index in [1.54, 1.807) is 41.3 Å². The van der Waals surface area contributed by atoms with Crippen LogP contribution in [-0.4, -0.2) is 24.9 Å². The number of ether oxygens (including phenoxy) is 1. The van der Waals surface area contributed by atoms with Crippen molar-refractivity contribution in [3.05, 3.63) is 83.4 Å². The molecule has 3 N–H and O–H groups in total. The molecule has 6 nitrogen and oxygen atoms in total. The van der Waals surface area contributed by atoms with Crippen LogP contribution in [0.5, 0.6) is 11.5 Å². The molecule has 0 radical (unpaired) electrons. The van der Waals surface area contributed by atoms with Crippen LogP contribution in [0.3, 0.4) is 0 Å². The van der Waals surface area contributed by atoms with Gasteiger partial charge in [0.2, 0.25) is 5.91 Å². The zero-order valence-corrected chi connectivity index (χ0v) is 17.1. The van der Waals surface area contributed by atoms with Crippen molar-refractivity contribution in [2.24, 2.45) is 5.73 Å². The number of nitrogens with two attached hydrogens (primary N) is 1. The van der Waals surface area contributed by atoms with Crippen LogP contribution >= 0.6 is 0 Å². The van der Waals surface area contributed by atoms with E-state index in [1.807, 2.05) is 0 Å². The molecule has 1 aliphatic rings. The highest BCUT2D eigenvalue weighted by Crippen LogP contribution is 2.30. The monoisotopic (exact) mass is 437 g/mol. The van der Waals surface area contributed by atoms with Crippen molar-refractivity contribution in [3.8, 4) is 11.5 Å². The Bertz CT molecular complexity index is 1120. The summed E-state index contributed by atoms with van der Waals surface area (Å²) < 4.78 is 34.6. The van der Waals surface area contributed by atoms with E-state index < -0.39 is 23.4 Å². The summed E-state index contributed by atoms with van der Waals surface area (Å²) in [5.41, 5.74) is 5.87. The quantitative estimate of drug-likeness (QED) is 0.585. The van der Waals surface area contributed by atoms with Crippen molar-refractivity contribution in [3.63, 3.8) is 0 Å². The predicted molar refractivity (Wildman–Crippen MR) is 117 cm³/mol. The van der Waals surface area contributed by atoms with E-state index in [-0.39, 0.29) is 11.4 Å².